The Hall–Kier alpha value is -1.82. The van der Waals surface area contributed by atoms with Crippen LogP contribution < -0.4 is 16.8 Å². The van der Waals surface area contributed by atoms with Crippen molar-refractivity contribution in [2.75, 3.05) is 30.8 Å². The van der Waals surface area contributed by atoms with Crippen molar-refractivity contribution in [2.24, 2.45) is 11.7 Å². The molecule has 0 atom stereocenters. The van der Waals surface area contributed by atoms with E-state index in [1.807, 2.05) is 0 Å². The molecule has 0 radical (unpaired) electrons. The Morgan fingerprint density at radius 1 is 1.53 bits per heavy atom. The highest BCUT2D eigenvalue weighted by molar-refractivity contribution is 5.98. The Morgan fingerprint density at radius 2 is 2.26 bits per heavy atom. The van der Waals surface area contributed by atoms with E-state index in [0.29, 0.717) is 36.1 Å². The molecule has 0 aromatic carbocycles. The number of hydrogen-bond donors (Lipinski definition) is 3. The molecule has 1 amide bonds. The number of nitrogens with one attached hydrogen (secondary N) is 1. The molecule has 5 N–H and O–H groups in total. The van der Waals surface area contributed by atoms with Crippen LogP contribution in [0.1, 0.15) is 30.6 Å². The average molecular weight is 266 g/mol. The molecular formula is C13H22N4O2. The summed E-state index contributed by atoms with van der Waals surface area (Å²) in [5, 5.41) is 3.06. The van der Waals surface area contributed by atoms with Crippen LogP contribution in [-0.2, 0) is 4.74 Å². The molecule has 1 aromatic heterocycles. The molecule has 0 aliphatic rings. The number of nitrogens with zero attached hydrogens (tertiary/aromatic N) is 1. The Kier molecular flexibility index (Phi) is 6.08. The molecule has 0 saturated heterocycles. The number of nitrogen functional groups attached to an aromatic ring is 1. The van der Waals surface area contributed by atoms with E-state index in [0.717, 1.165) is 13.0 Å². The Morgan fingerprint density at radius 3 is 2.89 bits per heavy atom. The molecular weight excluding hydrogens is 244 g/mol. The molecule has 0 fully saturated rings. The van der Waals surface area contributed by atoms with E-state index in [1.165, 1.54) is 12.3 Å². The highest BCUT2D eigenvalue weighted by atomic mass is 16.5. The molecule has 6 heteroatoms. The summed E-state index contributed by atoms with van der Waals surface area (Å²) in [6.45, 7) is 6.30. The standard InChI is InChI=1S/C13H22N4O2/c1-9(2)8-19-5-3-4-16-13-11(12(15)18)6-10(14)7-17-13/h6-7,9H,3-5,8,14H2,1-2H3,(H2,15,18)(H,16,17). The Labute approximate surface area is 113 Å². The third kappa shape index (κ3) is 5.56. The summed E-state index contributed by atoms with van der Waals surface area (Å²) in [5.74, 6) is 0.456. The van der Waals surface area contributed by atoms with Gasteiger partial charge in [-0.1, -0.05) is 13.8 Å². The smallest absolute Gasteiger partial charge is 0.252 e. The minimum absolute atomic E-state index is 0.308. The molecule has 1 aromatic rings. The number of amides is 1. The highest BCUT2D eigenvalue weighted by Gasteiger charge is 2.09. The Balaban J connectivity index is 2.39. The van der Waals surface area contributed by atoms with Gasteiger partial charge in [-0.05, 0) is 18.4 Å². The lowest BCUT2D eigenvalue weighted by molar-refractivity contribution is 0.100. The van der Waals surface area contributed by atoms with Gasteiger partial charge in [-0.3, -0.25) is 4.79 Å². The van der Waals surface area contributed by atoms with E-state index >= 15 is 0 Å². The zero-order valence-corrected chi connectivity index (χ0v) is 11.5. The van der Waals surface area contributed by atoms with E-state index in [9.17, 15) is 4.79 Å². The maximum atomic E-state index is 11.2. The molecule has 6 nitrogen and oxygen atoms in total. The number of primary amides is 1. The second-order valence-electron chi connectivity index (χ2n) is 4.78. The fourth-order valence-corrected chi connectivity index (χ4v) is 1.51. The van der Waals surface area contributed by atoms with Gasteiger partial charge in [0.25, 0.3) is 5.91 Å². The molecule has 0 bridgehead atoms. The second-order valence-corrected chi connectivity index (χ2v) is 4.78. The summed E-state index contributed by atoms with van der Waals surface area (Å²) in [7, 11) is 0. The molecule has 0 unspecified atom stereocenters. The number of nitrogens with two attached hydrogens (primary N) is 2. The van der Waals surface area contributed by atoms with Crippen LogP contribution in [0.2, 0.25) is 0 Å². The first-order valence-corrected chi connectivity index (χ1v) is 6.37. The molecule has 0 saturated carbocycles. The topological polar surface area (TPSA) is 103 Å². The fourth-order valence-electron chi connectivity index (χ4n) is 1.51. The van der Waals surface area contributed by atoms with Crippen molar-refractivity contribution in [1.82, 2.24) is 4.98 Å². The largest absolute Gasteiger partial charge is 0.397 e. The monoisotopic (exact) mass is 266 g/mol. The normalized spacial score (nSPS) is 10.7. The molecule has 0 aliphatic heterocycles. The molecule has 106 valence electrons. The van der Waals surface area contributed by atoms with E-state index in [-0.39, 0.29) is 0 Å². The van der Waals surface area contributed by atoms with Crippen molar-refractivity contribution in [2.45, 2.75) is 20.3 Å². The van der Waals surface area contributed by atoms with Crippen molar-refractivity contribution in [1.29, 1.82) is 0 Å². The van der Waals surface area contributed by atoms with Crippen LogP contribution in [0.25, 0.3) is 0 Å². The van der Waals surface area contributed by atoms with Crippen LogP contribution >= 0.6 is 0 Å². The number of carbonyl (C=O) groups is 1. The lowest BCUT2D eigenvalue weighted by atomic mass is 10.2. The second kappa shape index (κ2) is 7.58. The van der Waals surface area contributed by atoms with Gasteiger partial charge in [0.2, 0.25) is 0 Å². The maximum Gasteiger partial charge on any atom is 0.252 e. The maximum absolute atomic E-state index is 11.2. The van der Waals surface area contributed by atoms with Gasteiger partial charge in [-0.25, -0.2) is 4.98 Å². The summed E-state index contributed by atoms with van der Waals surface area (Å²) < 4.78 is 5.46. The van der Waals surface area contributed by atoms with E-state index < -0.39 is 5.91 Å². The minimum Gasteiger partial charge on any atom is -0.397 e. The van der Waals surface area contributed by atoms with Crippen LogP contribution in [-0.4, -0.2) is 30.6 Å². The van der Waals surface area contributed by atoms with Gasteiger partial charge in [0.1, 0.15) is 5.82 Å². The summed E-state index contributed by atoms with van der Waals surface area (Å²) in [5.41, 5.74) is 11.6. The van der Waals surface area contributed by atoms with Gasteiger partial charge in [-0.2, -0.15) is 0 Å². The van der Waals surface area contributed by atoms with Crippen LogP contribution in [0.5, 0.6) is 0 Å². The predicted molar refractivity (Wildman–Crippen MR) is 75.9 cm³/mol. The van der Waals surface area contributed by atoms with Gasteiger partial charge in [-0.15, -0.1) is 0 Å². The molecule has 0 aliphatic carbocycles. The number of carbonyl (C=O) groups excluding carboxylic acids is 1. The van der Waals surface area contributed by atoms with E-state index in [1.54, 1.807) is 0 Å². The first-order chi connectivity index (χ1) is 9.00. The van der Waals surface area contributed by atoms with E-state index in [4.69, 9.17) is 16.2 Å². The van der Waals surface area contributed by atoms with Crippen molar-refractivity contribution >= 4 is 17.4 Å². The van der Waals surface area contributed by atoms with Crippen LogP contribution in [0, 0.1) is 5.92 Å². The van der Waals surface area contributed by atoms with Crippen molar-refractivity contribution in [3.05, 3.63) is 17.8 Å². The highest BCUT2D eigenvalue weighted by Crippen LogP contribution is 2.14. The number of pyridine rings is 1. The third-order valence-corrected chi connectivity index (χ3v) is 2.38. The zero-order valence-electron chi connectivity index (χ0n) is 11.5. The molecule has 19 heavy (non-hydrogen) atoms. The number of rotatable bonds is 8. The van der Waals surface area contributed by atoms with E-state index in [2.05, 4.69) is 24.1 Å². The zero-order chi connectivity index (χ0) is 14.3. The first-order valence-electron chi connectivity index (χ1n) is 6.37. The number of anilines is 2. The number of aromatic nitrogens is 1. The van der Waals surface area contributed by atoms with Crippen molar-refractivity contribution in [3.8, 4) is 0 Å². The van der Waals surface area contributed by atoms with Crippen molar-refractivity contribution in [3.63, 3.8) is 0 Å². The average Bonchev–Trinajstić information content (AvgIpc) is 2.34. The van der Waals surface area contributed by atoms with Crippen molar-refractivity contribution < 1.29 is 9.53 Å². The van der Waals surface area contributed by atoms with Gasteiger partial charge in [0, 0.05) is 19.8 Å². The lowest BCUT2D eigenvalue weighted by Crippen LogP contribution is -2.17. The summed E-state index contributed by atoms with van der Waals surface area (Å²) in [6.07, 6.45) is 2.32. The quantitative estimate of drug-likeness (QED) is 0.614. The summed E-state index contributed by atoms with van der Waals surface area (Å²) in [4.78, 5) is 15.3. The fraction of sp³-hybridized carbons (Fsp3) is 0.538. The SMILES string of the molecule is CC(C)COCCCNc1ncc(N)cc1C(N)=O. The van der Waals surface area contributed by atoms with Gasteiger partial charge in [0.05, 0.1) is 17.4 Å². The Bertz CT molecular complexity index is 421. The van der Waals surface area contributed by atoms with Crippen LogP contribution in [0.4, 0.5) is 11.5 Å². The van der Waals surface area contributed by atoms with Crippen LogP contribution in [0.15, 0.2) is 12.3 Å². The number of hydrogen-bond acceptors (Lipinski definition) is 5. The van der Waals surface area contributed by atoms with Gasteiger partial charge < -0.3 is 21.5 Å². The lowest BCUT2D eigenvalue weighted by Gasteiger charge is -2.10. The first kappa shape index (κ1) is 15.2. The predicted octanol–water partition coefficient (Wildman–Crippen LogP) is 1.24. The third-order valence-electron chi connectivity index (χ3n) is 2.38. The summed E-state index contributed by atoms with van der Waals surface area (Å²) in [6, 6.07) is 1.52. The summed E-state index contributed by atoms with van der Waals surface area (Å²) >= 11 is 0. The molecule has 0 spiro atoms. The molecule has 1 heterocycles. The minimum atomic E-state index is -0.543. The van der Waals surface area contributed by atoms with Crippen LogP contribution in [0.3, 0.4) is 0 Å². The molecule has 1 rings (SSSR count). The van der Waals surface area contributed by atoms with Gasteiger partial charge in [0.15, 0.2) is 0 Å². The number of ether oxygens (including phenoxy) is 1. The van der Waals surface area contributed by atoms with Gasteiger partial charge >= 0.3 is 0 Å².